The molecule has 1 saturated heterocycles. The van der Waals surface area contributed by atoms with Gasteiger partial charge in [-0.05, 0) is 44.0 Å². The van der Waals surface area contributed by atoms with E-state index in [1.807, 2.05) is 25.3 Å². The molecule has 0 unspecified atom stereocenters. The molecule has 1 fully saturated rings. The number of hydrogen-bond acceptors (Lipinski definition) is 3. The van der Waals surface area contributed by atoms with Crippen molar-refractivity contribution in [2.45, 2.75) is 19.8 Å². The van der Waals surface area contributed by atoms with Gasteiger partial charge in [0.05, 0.1) is 11.6 Å². The van der Waals surface area contributed by atoms with Crippen LogP contribution in [0.5, 0.6) is 0 Å². The number of anilines is 1. The third kappa shape index (κ3) is 3.93. The van der Waals surface area contributed by atoms with Crippen LogP contribution in [0.4, 0.5) is 10.6 Å². The van der Waals surface area contributed by atoms with Gasteiger partial charge >= 0.3 is 12.0 Å². The van der Waals surface area contributed by atoms with Crippen molar-refractivity contribution in [3.8, 4) is 5.69 Å². The van der Waals surface area contributed by atoms with Gasteiger partial charge in [-0.1, -0.05) is 11.6 Å². The molecule has 0 radical (unpaired) electrons. The van der Waals surface area contributed by atoms with Crippen LogP contribution in [0.25, 0.3) is 5.69 Å². The van der Waals surface area contributed by atoms with Gasteiger partial charge in [0.2, 0.25) is 0 Å². The molecule has 1 aromatic heterocycles. The second kappa shape index (κ2) is 7.14. The summed E-state index contributed by atoms with van der Waals surface area (Å²) in [7, 11) is 0. The minimum absolute atomic E-state index is 0.256. The van der Waals surface area contributed by atoms with Crippen LogP contribution in [0.1, 0.15) is 18.4 Å². The molecule has 1 aromatic carbocycles. The zero-order valence-electron chi connectivity index (χ0n) is 13.8. The average molecular weight is 363 g/mol. The molecule has 1 aliphatic rings. The number of aromatic nitrogens is 2. The van der Waals surface area contributed by atoms with Crippen molar-refractivity contribution in [3.05, 3.63) is 41.0 Å². The SMILES string of the molecule is Cc1cn(-c2ccc(Cl)cc2)nc1NC(=O)N1CCC(C(=O)O)CC1. The molecular formula is C17H19ClN4O3. The van der Waals surface area contributed by atoms with Crippen molar-refractivity contribution in [2.24, 2.45) is 5.92 Å². The van der Waals surface area contributed by atoms with Gasteiger partial charge in [0, 0.05) is 29.9 Å². The summed E-state index contributed by atoms with van der Waals surface area (Å²) in [6.45, 7) is 2.73. The Bertz CT molecular complexity index is 780. The predicted molar refractivity (Wildman–Crippen MR) is 94.3 cm³/mol. The lowest BCUT2D eigenvalue weighted by Crippen LogP contribution is -2.42. The summed E-state index contributed by atoms with van der Waals surface area (Å²) in [5, 5.41) is 16.9. The zero-order chi connectivity index (χ0) is 18.0. The number of hydrogen-bond donors (Lipinski definition) is 2. The van der Waals surface area contributed by atoms with Gasteiger partial charge in [-0.2, -0.15) is 0 Å². The van der Waals surface area contributed by atoms with E-state index in [9.17, 15) is 9.59 Å². The van der Waals surface area contributed by atoms with Gasteiger partial charge < -0.3 is 10.0 Å². The van der Waals surface area contributed by atoms with Crippen molar-refractivity contribution in [3.63, 3.8) is 0 Å². The van der Waals surface area contributed by atoms with E-state index in [0.717, 1.165) is 11.3 Å². The van der Waals surface area contributed by atoms with Crippen LogP contribution in [0.2, 0.25) is 5.02 Å². The van der Waals surface area contributed by atoms with Crippen molar-refractivity contribution < 1.29 is 14.7 Å². The van der Waals surface area contributed by atoms with Gasteiger partial charge in [0.15, 0.2) is 5.82 Å². The number of nitrogens with one attached hydrogen (secondary N) is 1. The molecule has 2 heterocycles. The highest BCUT2D eigenvalue weighted by atomic mass is 35.5. The Labute approximate surface area is 150 Å². The summed E-state index contributed by atoms with van der Waals surface area (Å²) in [6, 6.07) is 6.99. The molecule has 25 heavy (non-hydrogen) atoms. The predicted octanol–water partition coefficient (Wildman–Crippen LogP) is 3.16. The highest BCUT2D eigenvalue weighted by molar-refractivity contribution is 6.30. The lowest BCUT2D eigenvalue weighted by atomic mass is 9.97. The summed E-state index contributed by atoms with van der Waals surface area (Å²) in [6.07, 6.45) is 2.78. The second-order valence-electron chi connectivity index (χ2n) is 6.11. The van der Waals surface area contributed by atoms with Crippen molar-refractivity contribution in [1.29, 1.82) is 0 Å². The Morgan fingerprint density at radius 3 is 2.48 bits per heavy atom. The summed E-state index contributed by atoms with van der Waals surface area (Å²) >= 11 is 5.89. The van der Waals surface area contributed by atoms with E-state index in [-0.39, 0.29) is 11.9 Å². The number of likely N-dealkylation sites (tertiary alicyclic amines) is 1. The number of nitrogens with zero attached hydrogens (tertiary/aromatic N) is 3. The fourth-order valence-corrected chi connectivity index (χ4v) is 2.95. The van der Waals surface area contributed by atoms with Crippen molar-refractivity contribution in [2.75, 3.05) is 18.4 Å². The fraction of sp³-hybridized carbons (Fsp3) is 0.353. The smallest absolute Gasteiger partial charge is 0.323 e. The number of amides is 2. The summed E-state index contributed by atoms with van der Waals surface area (Å²) in [4.78, 5) is 25.0. The van der Waals surface area contributed by atoms with E-state index in [2.05, 4.69) is 10.4 Å². The summed E-state index contributed by atoms with van der Waals surface area (Å²) in [5.74, 6) is -0.673. The number of aliphatic carboxylic acids is 1. The molecule has 2 N–H and O–H groups in total. The number of rotatable bonds is 3. The first-order valence-electron chi connectivity index (χ1n) is 8.05. The highest BCUT2D eigenvalue weighted by Gasteiger charge is 2.27. The molecule has 2 amide bonds. The quantitative estimate of drug-likeness (QED) is 0.877. The molecule has 1 aliphatic heterocycles. The van der Waals surface area contributed by atoms with Crippen LogP contribution in [0, 0.1) is 12.8 Å². The number of carbonyl (C=O) groups excluding carboxylic acids is 1. The maximum absolute atomic E-state index is 12.4. The van der Waals surface area contributed by atoms with Gasteiger partial charge in [0.1, 0.15) is 0 Å². The zero-order valence-corrected chi connectivity index (χ0v) is 14.5. The minimum atomic E-state index is -0.794. The Morgan fingerprint density at radius 1 is 1.24 bits per heavy atom. The number of carboxylic acid groups (broad SMARTS) is 1. The van der Waals surface area contributed by atoms with Crippen LogP contribution in [-0.4, -0.2) is 44.9 Å². The first kappa shape index (κ1) is 17.3. The maximum atomic E-state index is 12.4. The number of aryl methyl sites for hydroxylation is 1. The molecule has 3 rings (SSSR count). The molecule has 0 bridgehead atoms. The average Bonchev–Trinajstić information content (AvgIpc) is 2.96. The van der Waals surface area contributed by atoms with Gasteiger partial charge in [-0.25, -0.2) is 9.48 Å². The number of carboxylic acids is 1. The molecule has 132 valence electrons. The summed E-state index contributed by atoms with van der Waals surface area (Å²) in [5.41, 5.74) is 1.68. The van der Waals surface area contributed by atoms with E-state index in [0.29, 0.717) is 36.8 Å². The topological polar surface area (TPSA) is 87.5 Å². The van der Waals surface area contributed by atoms with Crippen LogP contribution in [0.15, 0.2) is 30.5 Å². The van der Waals surface area contributed by atoms with Crippen LogP contribution in [-0.2, 0) is 4.79 Å². The van der Waals surface area contributed by atoms with Crippen molar-refractivity contribution >= 4 is 29.4 Å². The molecule has 0 saturated carbocycles. The number of halogens is 1. The second-order valence-corrected chi connectivity index (χ2v) is 6.55. The number of piperidine rings is 1. The molecule has 0 spiro atoms. The molecule has 2 aromatic rings. The monoisotopic (exact) mass is 362 g/mol. The third-order valence-electron chi connectivity index (χ3n) is 4.35. The normalized spacial score (nSPS) is 15.2. The molecular weight excluding hydrogens is 344 g/mol. The lowest BCUT2D eigenvalue weighted by Gasteiger charge is -2.29. The Kier molecular flexibility index (Phi) is 4.94. The van der Waals surface area contributed by atoms with E-state index in [4.69, 9.17) is 16.7 Å². The molecule has 7 nitrogen and oxygen atoms in total. The minimum Gasteiger partial charge on any atom is -0.481 e. The largest absolute Gasteiger partial charge is 0.481 e. The Morgan fingerprint density at radius 2 is 1.88 bits per heavy atom. The van der Waals surface area contributed by atoms with Gasteiger partial charge in [-0.3, -0.25) is 10.1 Å². The van der Waals surface area contributed by atoms with Crippen LogP contribution < -0.4 is 5.32 Å². The molecule has 0 aliphatic carbocycles. The van der Waals surface area contributed by atoms with Crippen molar-refractivity contribution in [1.82, 2.24) is 14.7 Å². The Hall–Kier alpha value is -2.54. The summed E-state index contributed by atoms with van der Waals surface area (Å²) < 4.78 is 1.68. The molecule has 0 atom stereocenters. The van der Waals surface area contributed by atoms with Crippen LogP contribution >= 0.6 is 11.6 Å². The lowest BCUT2D eigenvalue weighted by molar-refractivity contribution is -0.143. The fourth-order valence-electron chi connectivity index (χ4n) is 2.82. The number of carbonyl (C=O) groups is 2. The number of benzene rings is 1. The van der Waals surface area contributed by atoms with E-state index < -0.39 is 5.97 Å². The van der Waals surface area contributed by atoms with E-state index in [1.165, 1.54) is 0 Å². The van der Waals surface area contributed by atoms with Crippen LogP contribution in [0.3, 0.4) is 0 Å². The maximum Gasteiger partial charge on any atom is 0.323 e. The van der Waals surface area contributed by atoms with Gasteiger partial charge in [-0.15, -0.1) is 5.10 Å². The number of urea groups is 1. The third-order valence-corrected chi connectivity index (χ3v) is 4.60. The van der Waals surface area contributed by atoms with E-state index >= 15 is 0 Å². The first-order valence-corrected chi connectivity index (χ1v) is 8.43. The molecule has 8 heteroatoms. The first-order chi connectivity index (χ1) is 11.9. The van der Waals surface area contributed by atoms with Gasteiger partial charge in [0.25, 0.3) is 0 Å². The Balaban J connectivity index is 1.66. The van der Waals surface area contributed by atoms with E-state index in [1.54, 1.807) is 21.7 Å². The highest BCUT2D eigenvalue weighted by Crippen LogP contribution is 2.20. The standard InChI is InChI=1S/C17H19ClN4O3/c1-11-10-22(14-4-2-13(18)3-5-14)20-15(11)19-17(25)21-8-6-12(7-9-21)16(23)24/h2-5,10,12H,6-9H2,1H3,(H,23,24)(H,19,20,25).